The van der Waals surface area contributed by atoms with Gasteiger partial charge in [0.15, 0.2) is 0 Å². The Labute approximate surface area is 210 Å². The molecular formula is C33H27NSi. The molecule has 5 aromatic carbocycles. The minimum absolute atomic E-state index is 0.687. The lowest BCUT2D eigenvalue weighted by Gasteiger charge is -2.25. The predicted molar refractivity (Wildman–Crippen MR) is 153 cm³/mol. The second-order valence-electron chi connectivity index (χ2n) is 8.55. The van der Waals surface area contributed by atoms with E-state index in [1.165, 1.54) is 27.1 Å². The minimum Gasteiger partial charge on any atom is -0.311 e. The highest BCUT2D eigenvalue weighted by Gasteiger charge is 2.11. The van der Waals surface area contributed by atoms with E-state index in [2.05, 4.69) is 157 Å². The zero-order valence-electron chi connectivity index (χ0n) is 19.8. The van der Waals surface area contributed by atoms with E-state index < -0.39 is 0 Å². The number of anilines is 3. The maximum Gasteiger partial charge on any atom is 0.121 e. The summed E-state index contributed by atoms with van der Waals surface area (Å²) in [6.45, 7) is 2.15. The molecule has 0 aliphatic carbocycles. The summed E-state index contributed by atoms with van der Waals surface area (Å²) in [5, 5.41) is 2.74. The SMILES string of the molecule is Cc1cccc([Si]c2ccc(C=Cc3ccc(N(c4ccccc4)c4ccccc4)cc3)cc2)c1. The summed E-state index contributed by atoms with van der Waals surface area (Å²) in [5.74, 6) is 0. The molecule has 35 heavy (non-hydrogen) atoms. The number of aryl methyl sites for hydroxylation is 1. The average molecular weight is 466 g/mol. The van der Waals surface area contributed by atoms with Gasteiger partial charge in [-0.2, -0.15) is 0 Å². The van der Waals surface area contributed by atoms with E-state index in [9.17, 15) is 0 Å². The summed E-state index contributed by atoms with van der Waals surface area (Å²) < 4.78 is 0. The number of nitrogens with zero attached hydrogens (tertiary/aromatic N) is 1. The van der Waals surface area contributed by atoms with Gasteiger partial charge in [0, 0.05) is 17.1 Å². The van der Waals surface area contributed by atoms with E-state index in [4.69, 9.17) is 0 Å². The van der Waals surface area contributed by atoms with Crippen molar-refractivity contribution in [2.75, 3.05) is 4.90 Å². The lowest BCUT2D eigenvalue weighted by molar-refractivity contribution is 1.28. The molecule has 0 spiro atoms. The minimum atomic E-state index is 0.687. The second-order valence-corrected chi connectivity index (χ2v) is 9.95. The van der Waals surface area contributed by atoms with Gasteiger partial charge in [-0.05, 0) is 54.4 Å². The highest BCUT2D eigenvalue weighted by Crippen LogP contribution is 2.34. The predicted octanol–water partition coefficient (Wildman–Crippen LogP) is 7.29. The molecule has 0 amide bonds. The molecular weight excluding hydrogens is 438 g/mol. The monoisotopic (exact) mass is 465 g/mol. The summed E-state index contributed by atoms with van der Waals surface area (Å²) >= 11 is 0. The Kier molecular flexibility index (Phi) is 7.02. The van der Waals surface area contributed by atoms with E-state index >= 15 is 0 Å². The number of rotatable bonds is 7. The Morgan fingerprint density at radius 1 is 0.486 bits per heavy atom. The summed E-state index contributed by atoms with van der Waals surface area (Å²) in [6, 6.07) is 47.4. The Morgan fingerprint density at radius 3 is 1.54 bits per heavy atom. The molecule has 5 aromatic rings. The van der Waals surface area contributed by atoms with Crippen molar-refractivity contribution in [3.05, 3.63) is 150 Å². The van der Waals surface area contributed by atoms with Crippen molar-refractivity contribution >= 4 is 49.1 Å². The van der Waals surface area contributed by atoms with Crippen molar-refractivity contribution < 1.29 is 0 Å². The molecule has 2 heteroatoms. The van der Waals surface area contributed by atoms with E-state index in [1.807, 2.05) is 0 Å². The van der Waals surface area contributed by atoms with Gasteiger partial charge >= 0.3 is 0 Å². The molecule has 0 aliphatic heterocycles. The lowest BCUT2D eigenvalue weighted by atomic mass is 10.1. The second kappa shape index (κ2) is 10.9. The van der Waals surface area contributed by atoms with Crippen molar-refractivity contribution in [1.29, 1.82) is 0 Å². The fraction of sp³-hybridized carbons (Fsp3) is 0.0303. The summed E-state index contributed by atoms with van der Waals surface area (Å²) in [5.41, 5.74) is 7.14. The Bertz CT molecular complexity index is 1350. The molecule has 0 heterocycles. The van der Waals surface area contributed by atoms with Crippen molar-refractivity contribution in [2.45, 2.75) is 6.92 Å². The molecule has 0 fully saturated rings. The number of benzene rings is 5. The van der Waals surface area contributed by atoms with Crippen LogP contribution in [-0.4, -0.2) is 9.52 Å². The molecule has 0 aliphatic rings. The highest BCUT2D eigenvalue weighted by molar-refractivity contribution is 6.67. The van der Waals surface area contributed by atoms with Gasteiger partial charge in [-0.1, -0.05) is 125 Å². The van der Waals surface area contributed by atoms with E-state index in [0.29, 0.717) is 9.52 Å². The van der Waals surface area contributed by atoms with Crippen LogP contribution in [0.1, 0.15) is 16.7 Å². The number of hydrogen-bond acceptors (Lipinski definition) is 1. The van der Waals surface area contributed by atoms with Crippen molar-refractivity contribution in [3.8, 4) is 0 Å². The zero-order chi connectivity index (χ0) is 23.9. The molecule has 0 saturated heterocycles. The largest absolute Gasteiger partial charge is 0.311 e. The topological polar surface area (TPSA) is 3.24 Å². The summed E-state index contributed by atoms with van der Waals surface area (Å²) in [4.78, 5) is 2.28. The van der Waals surface area contributed by atoms with Crippen molar-refractivity contribution in [3.63, 3.8) is 0 Å². The smallest absolute Gasteiger partial charge is 0.121 e. The van der Waals surface area contributed by atoms with Gasteiger partial charge in [0.1, 0.15) is 9.52 Å². The van der Waals surface area contributed by atoms with Crippen LogP contribution in [0.5, 0.6) is 0 Å². The Morgan fingerprint density at radius 2 is 1.00 bits per heavy atom. The molecule has 0 N–H and O–H groups in total. The van der Waals surface area contributed by atoms with Gasteiger partial charge in [0.2, 0.25) is 0 Å². The van der Waals surface area contributed by atoms with E-state index in [0.717, 1.165) is 17.1 Å². The first kappa shape index (κ1) is 22.6. The van der Waals surface area contributed by atoms with Crippen LogP contribution in [0, 0.1) is 6.92 Å². The first-order chi connectivity index (χ1) is 17.2. The molecule has 0 aromatic heterocycles. The molecule has 0 bridgehead atoms. The van der Waals surface area contributed by atoms with E-state index in [1.54, 1.807) is 0 Å². The third-order valence-corrected chi connectivity index (χ3v) is 7.09. The van der Waals surface area contributed by atoms with Crippen molar-refractivity contribution in [2.24, 2.45) is 0 Å². The summed E-state index contributed by atoms with van der Waals surface area (Å²) in [7, 11) is 0.687. The fourth-order valence-electron chi connectivity index (χ4n) is 4.10. The molecule has 5 rings (SSSR count). The Balaban J connectivity index is 1.31. The molecule has 2 radical (unpaired) electrons. The van der Waals surface area contributed by atoms with Gasteiger partial charge in [0.05, 0.1) is 0 Å². The lowest BCUT2D eigenvalue weighted by Crippen LogP contribution is -2.26. The average Bonchev–Trinajstić information content (AvgIpc) is 2.91. The maximum atomic E-state index is 2.28. The standard InChI is InChI=1S/C33H27NSi/c1-26-9-8-14-33(25-26)35-32-23-19-28(20-24-32)16-15-27-17-21-31(22-18-27)34(29-10-4-2-5-11-29)30-12-6-3-7-13-30/h2-25H,1H3. The first-order valence-corrected chi connectivity index (χ1v) is 12.9. The van der Waals surface area contributed by atoms with Gasteiger partial charge in [-0.3, -0.25) is 0 Å². The van der Waals surface area contributed by atoms with Crippen molar-refractivity contribution in [1.82, 2.24) is 0 Å². The molecule has 0 saturated carbocycles. The van der Waals surface area contributed by atoms with Crippen LogP contribution in [-0.2, 0) is 0 Å². The zero-order valence-corrected chi connectivity index (χ0v) is 20.8. The number of para-hydroxylation sites is 2. The van der Waals surface area contributed by atoms with Crippen LogP contribution in [0.3, 0.4) is 0 Å². The van der Waals surface area contributed by atoms with Gasteiger partial charge in [-0.15, -0.1) is 0 Å². The maximum absolute atomic E-state index is 2.28. The summed E-state index contributed by atoms with van der Waals surface area (Å²) in [6.07, 6.45) is 4.36. The van der Waals surface area contributed by atoms with Gasteiger partial charge in [-0.25, -0.2) is 0 Å². The van der Waals surface area contributed by atoms with Crippen LogP contribution >= 0.6 is 0 Å². The molecule has 1 nitrogen and oxygen atoms in total. The Hall–Kier alpha value is -4.14. The van der Waals surface area contributed by atoms with Crippen LogP contribution in [0.4, 0.5) is 17.1 Å². The molecule has 168 valence electrons. The normalized spacial score (nSPS) is 11.0. The third kappa shape index (κ3) is 5.86. The van der Waals surface area contributed by atoms with Crippen LogP contribution in [0.15, 0.2) is 133 Å². The van der Waals surface area contributed by atoms with Crippen LogP contribution in [0.25, 0.3) is 12.2 Å². The van der Waals surface area contributed by atoms with E-state index in [-0.39, 0.29) is 0 Å². The third-order valence-electron chi connectivity index (χ3n) is 5.87. The quantitative estimate of drug-likeness (QED) is 0.180. The fourth-order valence-corrected chi connectivity index (χ4v) is 5.24. The molecule has 0 unspecified atom stereocenters. The first-order valence-electron chi connectivity index (χ1n) is 11.9. The molecule has 0 atom stereocenters. The van der Waals surface area contributed by atoms with Gasteiger partial charge in [0.25, 0.3) is 0 Å². The van der Waals surface area contributed by atoms with Crippen LogP contribution in [0.2, 0.25) is 0 Å². The number of hydrogen-bond donors (Lipinski definition) is 0. The highest BCUT2D eigenvalue weighted by atomic mass is 28.2. The van der Waals surface area contributed by atoms with Crippen LogP contribution < -0.4 is 15.3 Å². The van der Waals surface area contributed by atoms with Gasteiger partial charge < -0.3 is 4.90 Å².